The predicted octanol–water partition coefficient (Wildman–Crippen LogP) is 2.78. The molecule has 1 saturated heterocycles. The predicted molar refractivity (Wildman–Crippen MR) is 96.2 cm³/mol. The number of amides is 1. The van der Waals surface area contributed by atoms with Crippen molar-refractivity contribution in [3.05, 3.63) is 23.8 Å². The van der Waals surface area contributed by atoms with E-state index < -0.39 is 0 Å². The summed E-state index contributed by atoms with van der Waals surface area (Å²) in [4.78, 5) is 14.6. The van der Waals surface area contributed by atoms with Crippen LogP contribution in [0.4, 0.5) is 11.4 Å². The zero-order chi connectivity index (χ0) is 13.9. The van der Waals surface area contributed by atoms with E-state index in [1.807, 2.05) is 23.1 Å². The first-order valence-corrected chi connectivity index (χ1v) is 7.64. The van der Waals surface area contributed by atoms with E-state index in [1.165, 1.54) is 0 Å². The Morgan fingerprint density at radius 1 is 1.27 bits per heavy atom. The number of nitrogens with zero attached hydrogens (tertiary/aromatic N) is 1. The number of halogens is 2. The third kappa shape index (κ3) is 4.06. The van der Waals surface area contributed by atoms with E-state index in [0.29, 0.717) is 12.3 Å². The Balaban J connectivity index is 0.00000121. The summed E-state index contributed by atoms with van der Waals surface area (Å²) in [6.07, 6.45) is 4.90. The number of nitrogen functional groups attached to an aromatic ring is 1. The molecular weight excluding hydrogens is 321 g/mol. The standard InChI is InChI=1S/C16H23N3O.2ClH/c17-14-4-1-5-15-13(14)3-2-10-19(15)16(20)11-12-6-8-18-9-7-12;;/h1,4-5,12,18H,2-3,6-11,17H2;2*1H. The number of hydrogen-bond acceptors (Lipinski definition) is 3. The normalized spacial score (nSPS) is 17.9. The van der Waals surface area contributed by atoms with Gasteiger partial charge >= 0.3 is 0 Å². The van der Waals surface area contributed by atoms with E-state index in [-0.39, 0.29) is 30.7 Å². The molecule has 4 nitrogen and oxygen atoms in total. The lowest BCUT2D eigenvalue weighted by Gasteiger charge is -2.32. The first kappa shape index (κ1) is 19.1. The Hall–Kier alpha value is -0.970. The number of nitrogens with one attached hydrogen (secondary N) is 1. The highest BCUT2D eigenvalue weighted by Gasteiger charge is 2.26. The molecule has 0 aromatic heterocycles. The largest absolute Gasteiger partial charge is 0.398 e. The molecule has 2 aliphatic heterocycles. The number of benzene rings is 1. The zero-order valence-corrected chi connectivity index (χ0v) is 14.3. The summed E-state index contributed by atoms with van der Waals surface area (Å²) in [5.41, 5.74) is 9.05. The van der Waals surface area contributed by atoms with Crippen molar-refractivity contribution in [1.29, 1.82) is 0 Å². The molecule has 1 fully saturated rings. The summed E-state index contributed by atoms with van der Waals surface area (Å²) in [7, 11) is 0. The SMILES string of the molecule is Cl.Cl.Nc1cccc2c1CCCN2C(=O)CC1CCNCC1. The van der Waals surface area contributed by atoms with Crippen LogP contribution in [0.25, 0.3) is 0 Å². The van der Waals surface area contributed by atoms with Gasteiger partial charge in [0.2, 0.25) is 5.91 Å². The van der Waals surface area contributed by atoms with Gasteiger partial charge in [0.15, 0.2) is 0 Å². The maximum atomic E-state index is 12.6. The summed E-state index contributed by atoms with van der Waals surface area (Å²) < 4.78 is 0. The van der Waals surface area contributed by atoms with Crippen LogP contribution >= 0.6 is 24.8 Å². The molecule has 1 aromatic rings. The Labute approximate surface area is 144 Å². The highest BCUT2D eigenvalue weighted by molar-refractivity contribution is 5.95. The van der Waals surface area contributed by atoms with Crippen LogP contribution in [0.2, 0.25) is 0 Å². The van der Waals surface area contributed by atoms with E-state index in [2.05, 4.69) is 5.32 Å². The van der Waals surface area contributed by atoms with Crippen molar-refractivity contribution in [3.8, 4) is 0 Å². The number of nitrogens with two attached hydrogens (primary N) is 1. The summed E-state index contributed by atoms with van der Waals surface area (Å²) in [6, 6.07) is 5.91. The average molecular weight is 346 g/mol. The van der Waals surface area contributed by atoms with Crippen LogP contribution in [0.1, 0.15) is 31.2 Å². The minimum atomic E-state index is 0. The zero-order valence-electron chi connectivity index (χ0n) is 12.7. The second kappa shape index (κ2) is 8.61. The van der Waals surface area contributed by atoms with Crippen LogP contribution in [0.5, 0.6) is 0 Å². The molecule has 0 atom stereocenters. The van der Waals surface area contributed by atoms with Crippen molar-refractivity contribution < 1.29 is 4.79 Å². The molecule has 6 heteroatoms. The molecule has 1 amide bonds. The van der Waals surface area contributed by atoms with Crippen LogP contribution in [0, 0.1) is 5.92 Å². The number of fused-ring (bicyclic) bond motifs is 1. The van der Waals surface area contributed by atoms with E-state index in [0.717, 1.165) is 62.3 Å². The van der Waals surface area contributed by atoms with Crippen molar-refractivity contribution in [2.75, 3.05) is 30.3 Å². The number of carbonyl (C=O) groups excluding carboxylic acids is 1. The molecule has 0 bridgehead atoms. The quantitative estimate of drug-likeness (QED) is 0.810. The molecule has 3 rings (SSSR count). The topological polar surface area (TPSA) is 58.4 Å². The monoisotopic (exact) mass is 345 g/mol. The number of piperidine rings is 1. The molecule has 0 unspecified atom stereocenters. The second-order valence-corrected chi connectivity index (χ2v) is 5.89. The van der Waals surface area contributed by atoms with E-state index in [1.54, 1.807) is 0 Å². The molecule has 22 heavy (non-hydrogen) atoms. The van der Waals surface area contributed by atoms with Crippen molar-refractivity contribution in [3.63, 3.8) is 0 Å². The second-order valence-electron chi connectivity index (χ2n) is 5.89. The number of anilines is 2. The van der Waals surface area contributed by atoms with Crippen molar-refractivity contribution >= 4 is 42.1 Å². The Kier molecular flexibility index (Phi) is 7.46. The lowest BCUT2D eigenvalue weighted by Crippen LogP contribution is -2.38. The molecular formula is C16H25Cl2N3O. The number of hydrogen-bond donors (Lipinski definition) is 2. The van der Waals surface area contributed by atoms with Crippen molar-refractivity contribution in [2.24, 2.45) is 5.92 Å². The minimum Gasteiger partial charge on any atom is -0.398 e. The summed E-state index contributed by atoms with van der Waals surface area (Å²) in [5.74, 6) is 0.804. The highest BCUT2D eigenvalue weighted by Crippen LogP contribution is 2.32. The van der Waals surface area contributed by atoms with Gasteiger partial charge in [-0.15, -0.1) is 24.8 Å². The van der Waals surface area contributed by atoms with Gasteiger partial charge in [-0.05, 0) is 62.4 Å². The molecule has 1 aromatic carbocycles. The highest BCUT2D eigenvalue weighted by atomic mass is 35.5. The lowest BCUT2D eigenvalue weighted by atomic mass is 9.93. The van der Waals surface area contributed by atoms with Gasteiger partial charge in [0.1, 0.15) is 0 Å². The summed E-state index contributed by atoms with van der Waals surface area (Å²) >= 11 is 0. The molecule has 3 N–H and O–H groups in total. The van der Waals surface area contributed by atoms with Crippen LogP contribution in [-0.4, -0.2) is 25.5 Å². The fraction of sp³-hybridized carbons (Fsp3) is 0.562. The van der Waals surface area contributed by atoms with E-state index in [9.17, 15) is 4.79 Å². The van der Waals surface area contributed by atoms with Gasteiger partial charge in [-0.1, -0.05) is 6.07 Å². The smallest absolute Gasteiger partial charge is 0.227 e. The van der Waals surface area contributed by atoms with Gasteiger partial charge in [-0.25, -0.2) is 0 Å². The molecule has 0 saturated carbocycles. The first-order valence-electron chi connectivity index (χ1n) is 7.64. The molecule has 0 aliphatic carbocycles. The van der Waals surface area contributed by atoms with Gasteiger partial charge in [-0.2, -0.15) is 0 Å². The third-order valence-electron chi connectivity index (χ3n) is 4.51. The van der Waals surface area contributed by atoms with Gasteiger partial charge in [0.05, 0.1) is 0 Å². The molecule has 124 valence electrons. The Morgan fingerprint density at radius 2 is 2.00 bits per heavy atom. The van der Waals surface area contributed by atoms with Gasteiger partial charge in [-0.3, -0.25) is 4.79 Å². The summed E-state index contributed by atoms with van der Waals surface area (Å²) in [6.45, 7) is 2.92. The number of carbonyl (C=O) groups is 1. The van der Waals surface area contributed by atoms with Crippen LogP contribution in [0.3, 0.4) is 0 Å². The maximum absolute atomic E-state index is 12.6. The van der Waals surface area contributed by atoms with Crippen LogP contribution in [-0.2, 0) is 11.2 Å². The first-order chi connectivity index (χ1) is 9.75. The third-order valence-corrected chi connectivity index (χ3v) is 4.51. The lowest BCUT2D eigenvalue weighted by molar-refractivity contribution is -0.119. The maximum Gasteiger partial charge on any atom is 0.227 e. The minimum absolute atomic E-state index is 0. The number of rotatable bonds is 2. The molecule has 2 aliphatic rings. The van der Waals surface area contributed by atoms with Gasteiger partial charge < -0.3 is 16.0 Å². The molecule has 0 radical (unpaired) electrons. The Bertz CT molecular complexity index is 504. The van der Waals surface area contributed by atoms with Crippen LogP contribution < -0.4 is 16.0 Å². The van der Waals surface area contributed by atoms with Gasteiger partial charge in [0, 0.05) is 24.3 Å². The molecule has 2 heterocycles. The van der Waals surface area contributed by atoms with Gasteiger partial charge in [0.25, 0.3) is 0 Å². The van der Waals surface area contributed by atoms with Crippen molar-refractivity contribution in [2.45, 2.75) is 32.1 Å². The average Bonchev–Trinajstić information content (AvgIpc) is 2.48. The van der Waals surface area contributed by atoms with E-state index >= 15 is 0 Å². The Morgan fingerprint density at radius 3 is 2.73 bits per heavy atom. The fourth-order valence-corrected chi connectivity index (χ4v) is 3.35. The molecule has 0 spiro atoms. The summed E-state index contributed by atoms with van der Waals surface area (Å²) in [5, 5.41) is 3.35. The van der Waals surface area contributed by atoms with E-state index in [4.69, 9.17) is 5.73 Å². The van der Waals surface area contributed by atoms with Crippen LogP contribution in [0.15, 0.2) is 18.2 Å². The fourth-order valence-electron chi connectivity index (χ4n) is 3.35. The van der Waals surface area contributed by atoms with Crippen molar-refractivity contribution in [1.82, 2.24) is 5.32 Å².